The van der Waals surface area contributed by atoms with Crippen LogP contribution in [0.1, 0.15) is 30.5 Å². The van der Waals surface area contributed by atoms with E-state index in [0.717, 1.165) is 12.8 Å². The van der Waals surface area contributed by atoms with Crippen LogP contribution in [0.3, 0.4) is 0 Å². The zero-order valence-corrected chi connectivity index (χ0v) is 13.5. The van der Waals surface area contributed by atoms with Crippen molar-refractivity contribution in [2.24, 2.45) is 0 Å². The van der Waals surface area contributed by atoms with Gasteiger partial charge in [-0.1, -0.05) is 0 Å². The van der Waals surface area contributed by atoms with Crippen molar-refractivity contribution in [3.63, 3.8) is 0 Å². The maximum absolute atomic E-state index is 12.4. The van der Waals surface area contributed by atoms with Gasteiger partial charge in [0, 0.05) is 25.7 Å². The Kier molecular flexibility index (Phi) is 4.99. The van der Waals surface area contributed by atoms with Crippen molar-refractivity contribution in [1.29, 1.82) is 0 Å². The Balaban J connectivity index is 1.57. The second kappa shape index (κ2) is 6.98. The molecule has 1 aromatic rings. The van der Waals surface area contributed by atoms with Crippen LogP contribution in [0.25, 0.3) is 0 Å². The lowest BCUT2D eigenvalue weighted by Crippen LogP contribution is -2.56. The van der Waals surface area contributed by atoms with E-state index in [1.165, 1.54) is 29.0 Å². The number of carbonyl (C=O) groups is 1. The third kappa shape index (κ3) is 3.41. The molecule has 2 aliphatic rings. The van der Waals surface area contributed by atoms with Crippen molar-refractivity contribution in [2.75, 3.05) is 20.3 Å². The minimum atomic E-state index is -0.963. The molecule has 0 unspecified atom stereocenters. The molecule has 3 atom stereocenters. The van der Waals surface area contributed by atoms with Gasteiger partial charge in [0.25, 0.3) is 0 Å². The SMILES string of the molecule is CN(C(=O)CCn1ncc2c1CCCC2)[C@@H]1COC[C@@H](O)[C@H]1O. The summed E-state index contributed by atoms with van der Waals surface area (Å²) in [5, 5.41) is 24.1. The Hall–Kier alpha value is -1.44. The van der Waals surface area contributed by atoms with Crippen molar-refractivity contribution in [3.05, 3.63) is 17.5 Å². The summed E-state index contributed by atoms with van der Waals surface area (Å²) in [5.41, 5.74) is 2.56. The smallest absolute Gasteiger partial charge is 0.224 e. The van der Waals surface area contributed by atoms with Gasteiger partial charge in [-0.15, -0.1) is 0 Å². The average molecular weight is 323 g/mol. The molecule has 1 saturated heterocycles. The fourth-order valence-electron chi connectivity index (χ4n) is 3.42. The number of hydrogen-bond donors (Lipinski definition) is 2. The predicted molar refractivity (Wildman–Crippen MR) is 82.9 cm³/mol. The van der Waals surface area contributed by atoms with Gasteiger partial charge < -0.3 is 19.8 Å². The van der Waals surface area contributed by atoms with Gasteiger partial charge in [-0.25, -0.2) is 0 Å². The number of ether oxygens (including phenoxy) is 1. The van der Waals surface area contributed by atoms with Crippen molar-refractivity contribution in [3.8, 4) is 0 Å². The van der Waals surface area contributed by atoms with E-state index in [1.807, 2.05) is 10.9 Å². The molecule has 1 aliphatic heterocycles. The van der Waals surface area contributed by atoms with Crippen LogP contribution in [-0.2, 0) is 28.9 Å². The molecule has 7 nitrogen and oxygen atoms in total. The largest absolute Gasteiger partial charge is 0.388 e. The molecule has 0 bridgehead atoms. The van der Waals surface area contributed by atoms with E-state index in [2.05, 4.69) is 5.10 Å². The van der Waals surface area contributed by atoms with Gasteiger partial charge in [-0.05, 0) is 31.2 Å². The third-order valence-electron chi connectivity index (χ3n) is 4.94. The first-order valence-electron chi connectivity index (χ1n) is 8.31. The van der Waals surface area contributed by atoms with Gasteiger partial charge in [0.15, 0.2) is 0 Å². The lowest BCUT2D eigenvalue weighted by atomic mass is 9.98. The average Bonchev–Trinajstić information content (AvgIpc) is 2.98. The molecule has 0 aromatic carbocycles. The molecule has 7 heteroatoms. The number of carbonyl (C=O) groups excluding carboxylic acids is 1. The zero-order chi connectivity index (χ0) is 16.4. The molecule has 1 aromatic heterocycles. The Labute approximate surface area is 135 Å². The number of hydrogen-bond acceptors (Lipinski definition) is 5. The van der Waals surface area contributed by atoms with E-state index < -0.39 is 18.2 Å². The maximum Gasteiger partial charge on any atom is 0.224 e. The number of aryl methyl sites for hydroxylation is 2. The van der Waals surface area contributed by atoms with Crippen molar-refractivity contribution in [1.82, 2.24) is 14.7 Å². The summed E-state index contributed by atoms with van der Waals surface area (Å²) < 4.78 is 7.17. The minimum absolute atomic E-state index is 0.0770. The van der Waals surface area contributed by atoms with Crippen LogP contribution in [0.5, 0.6) is 0 Å². The van der Waals surface area contributed by atoms with Crippen LogP contribution in [-0.4, -0.2) is 69.3 Å². The van der Waals surface area contributed by atoms with Gasteiger partial charge in [0.2, 0.25) is 5.91 Å². The highest BCUT2D eigenvalue weighted by Crippen LogP contribution is 2.21. The Morgan fingerprint density at radius 2 is 2.17 bits per heavy atom. The Bertz CT molecular complexity index is 560. The number of nitrogens with zero attached hydrogens (tertiary/aromatic N) is 3. The lowest BCUT2D eigenvalue weighted by Gasteiger charge is -2.37. The van der Waals surface area contributed by atoms with E-state index in [4.69, 9.17) is 4.74 Å². The number of rotatable bonds is 4. The Morgan fingerprint density at radius 1 is 1.39 bits per heavy atom. The molecule has 0 saturated carbocycles. The molecular weight excluding hydrogens is 298 g/mol. The molecule has 1 aliphatic carbocycles. The van der Waals surface area contributed by atoms with Crippen molar-refractivity contribution in [2.45, 2.75) is 56.9 Å². The first kappa shape index (κ1) is 16.4. The summed E-state index contributed by atoms with van der Waals surface area (Å²) in [6.45, 7) is 0.904. The van der Waals surface area contributed by atoms with Gasteiger partial charge in [-0.2, -0.15) is 5.10 Å². The number of amides is 1. The molecule has 0 spiro atoms. The van der Waals surface area contributed by atoms with Crippen molar-refractivity contribution >= 4 is 5.91 Å². The number of fused-ring (bicyclic) bond motifs is 1. The van der Waals surface area contributed by atoms with Crippen LogP contribution in [0.2, 0.25) is 0 Å². The molecule has 1 amide bonds. The van der Waals surface area contributed by atoms with Crippen LogP contribution in [0, 0.1) is 0 Å². The fourth-order valence-corrected chi connectivity index (χ4v) is 3.42. The summed E-state index contributed by atoms with van der Waals surface area (Å²) >= 11 is 0. The zero-order valence-electron chi connectivity index (χ0n) is 13.5. The molecule has 23 heavy (non-hydrogen) atoms. The Morgan fingerprint density at radius 3 is 3.00 bits per heavy atom. The fraction of sp³-hybridized carbons (Fsp3) is 0.750. The van der Waals surface area contributed by atoms with E-state index in [9.17, 15) is 15.0 Å². The number of aliphatic hydroxyl groups is 2. The van der Waals surface area contributed by atoms with E-state index in [1.54, 1.807) is 7.05 Å². The molecule has 0 radical (unpaired) electrons. The lowest BCUT2D eigenvalue weighted by molar-refractivity contribution is -0.153. The standard InChI is InChI=1S/C16H25N3O4/c1-18(13-9-23-10-14(20)16(13)22)15(21)6-7-19-12-5-3-2-4-11(12)8-17-19/h8,13-14,16,20,22H,2-7,9-10H2,1H3/t13-,14-,16+/m1/s1. The number of aliphatic hydroxyl groups excluding tert-OH is 2. The summed E-state index contributed by atoms with van der Waals surface area (Å²) in [5.74, 6) is -0.0770. The quantitative estimate of drug-likeness (QED) is 0.796. The molecule has 2 heterocycles. The summed E-state index contributed by atoms with van der Waals surface area (Å²) in [4.78, 5) is 13.9. The first-order chi connectivity index (χ1) is 11.1. The van der Waals surface area contributed by atoms with E-state index in [-0.39, 0.29) is 19.1 Å². The second-order valence-electron chi connectivity index (χ2n) is 6.46. The summed E-state index contributed by atoms with van der Waals surface area (Å²) in [7, 11) is 1.65. The summed E-state index contributed by atoms with van der Waals surface area (Å²) in [6, 6.07) is -0.502. The van der Waals surface area contributed by atoms with Gasteiger partial charge in [-0.3, -0.25) is 9.48 Å². The highest BCUT2D eigenvalue weighted by Gasteiger charge is 2.35. The van der Waals surface area contributed by atoms with Crippen LogP contribution in [0.15, 0.2) is 6.20 Å². The van der Waals surface area contributed by atoms with Gasteiger partial charge in [0.1, 0.15) is 12.2 Å². The van der Waals surface area contributed by atoms with Crippen molar-refractivity contribution < 1.29 is 19.7 Å². The second-order valence-corrected chi connectivity index (χ2v) is 6.46. The monoisotopic (exact) mass is 323 g/mol. The summed E-state index contributed by atoms with van der Waals surface area (Å²) in [6.07, 6.45) is 4.82. The highest BCUT2D eigenvalue weighted by molar-refractivity contribution is 5.76. The van der Waals surface area contributed by atoms with E-state index in [0.29, 0.717) is 13.0 Å². The van der Waals surface area contributed by atoms with Gasteiger partial charge >= 0.3 is 0 Å². The molecule has 2 N–H and O–H groups in total. The number of aromatic nitrogens is 2. The van der Waals surface area contributed by atoms with Crippen LogP contribution in [0.4, 0.5) is 0 Å². The predicted octanol–water partition coefficient (Wildman–Crippen LogP) is -0.269. The molecule has 1 fully saturated rings. The van der Waals surface area contributed by atoms with Gasteiger partial charge in [0.05, 0.1) is 25.5 Å². The molecular formula is C16H25N3O4. The first-order valence-corrected chi connectivity index (χ1v) is 8.31. The molecule has 3 rings (SSSR count). The highest BCUT2D eigenvalue weighted by atomic mass is 16.5. The molecule has 128 valence electrons. The van der Waals surface area contributed by atoms with Crippen LogP contribution >= 0.6 is 0 Å². The normalized spacial score (nSPS) is 27.5. The minimum Gasteiger partial charge on any atom is -0.388 e. The number of likely N-dealkylation sites (N-methyl/N-ethyl adjacent to an activating group) is 1. The maximum atomic E-state index is 12.4. The van der Waals surface area contributed by atoms with E-state index >= 15 is 0 Å². The topological polar surface area (TPSA) is 87.8 Å². The van der Waals surface area contributed by atoms with Crippen LogP contribution < -0.4 is 0 Å². The third-order valence-corrected chi connectivity index (χ3v) is 4.94.